The normalized spacial score (nSPS) is 62.1. The van der Waals surface area contributed by atoms with Crippen molar-refractivity contribution < 1.29 is 23.7 Å². The smallest absolute Gasteiger partial charge is 0.199 e. The molecule has 6 heteroatoms. The molecule has 3 saturated heterocycles. The number of hydrogen-bond donors (Lipinski definition) is 0. The molecule has 4 aliphatic rings. The molecule has 17 heavy (non-hydrogen) atoms. The summed E-state index contributed by atoms with van der Waals surface area (Å²) in [5.41, 5.74) is -0.613. The molecule has 4 fully saturated rings. The highest BCUT2D eigenvalue weighted by Gasteiger charge is 2.87. The van der Waals surface area contributed by atoms with Crippen LogP contribution in [-0.2, 0) is 23.7 Å². The third kappa shape index (κ3) is 1.09. The maximum atomic E-state index is 6.39. The Morgan fingerprint density at radius 1 is 1.18 bits per heavy atom. The Bertz CT molecular complexity index is 388. The molecule has 0 aromatic heterocycles. The Labute approximate surface area is 104 Å². The van der Waals surface area contributed by atoms with Crippen molar-refractivity contribution in [2.45, 2.75) is 61.3 Å². The van der Waals surface area contributed by atoms with Gasteiger partial charge >= 0.3 is 0 Å². The third-order valence-corrected chi connectivity index (χ3v) is 4.80. The molecule has 1 aliphatic carbocycles. The molecule has 0 bridgehead atoms. The highest BCUT2D eigenvalue weighted by atomic mass is 35.5. The van der Waals surface area contributed by atoms with Gasteiger partial charge in [-0.25, -0.2) is 0 Å². The second-order valence-electron chi connectivity index (χ2n) is 5.59. The zero-order valence-electron chi connectivity index (χ0n) is 9.94. The molecule has 0 radical (unpaired) electrons. The highest BCUT2D eigenvalue weighted by molar-refractivity contribution is 6.27. The molecule has 3 heterocycles. The van der Waals surface area contributed by atoms with Crippen LogP contribution in [0, 0.1) is 0 Å². The Morgan fingerprint density at radius 3 is 2.47 bits per heavy atom. The van der Waals surface area contributed by atoms with Gasteiger partial charge in [0.2, 0.25) is 0 Å². The number of methoxy groups -OCH3 is 1. The number of ether oxygens (including phenoxy) is 5. The molecule has 3 aliphatic heterocycles. The van der Waals surface area contributed by atoms with Gasteiger partial charge in [0.15, 0.2) is 17.1 Å². The molecule has 1 spiro atoms. The van der Waals surface area contributed by atoms with Crippen LogP contribution >= 0.6 is 11.6 Å². The van der Waals surface area contributed by atoms with Gasteiger partial charge in [-0.05, 0) is 13.8 Å². The first kappa shape index (κ1) is 11.0. The third-order valence-electron chi connectivity index (χ3n) is 4.15. The molecular weight excluding hydrogens is 248 g/mol. The van der Waals surface area contributed by atoms with Gasteiger partial charge in [0, 0.05) is 13.5 Å². The zero-order chi connectivity index (χ0) is 12.1. The van der Waals surface area contributed by atoms with Gasteiger partial charge in [-0.3, -0.25) is 0 Å². The van der Waals surface area contributed by atoms with Crippen molar-refractivity contribution in [3.63, 3.8) is 0 Å². The van der Waals surface area contributed by atoms with Crippen molar-refractivity contribution >= 4 is 11.6 Å². The van der Waals surface area contributed by atoms with E-state index in [0.29, 0.717) is 0 Å². The quantitative estimate of drug-likeness (QED) is 0.521. The summed E-state index contributed by atoms with van der Waals surface area (Å²) >= 11 is 6.39. The molecule has 0 N–H and O–H groups in total. The number of alkyl halides is 1. The molecule has 3 unspecified atom stereocenters. The van der Waals surface area contributed by atoms with Crippen molar-refractivity contribution in [1.29, 1.82) is 0 Å². The lowest BCUT2D eigenvalue weighted by Crippen LogP contribution is -2.60. The lowest BCUT2D eigenvalue weighted by atomic mass is 9.75. The number of epoxide rings is 1. The minimum absolute atomic E-state index is 0.0905. The molecule has 1 saturated carbocycles. The van der Waals surface area contributed by atoms with Crippen LogP contribution in [0.5, 0.6) is 0 Å². The Balaban J connectivity index is 1.70. The lowest BCUT2D eigenvalue weighted by Gasteiger charge is -2.41. The molecule has 6 atom stereocenters. The molecule has 4 rings (SSSR count). The number of halogens is 1. The summed E-state index contributed by atoms with van der Waals surface area (Å²) in [5, 5.41) is -0.729. The first-order valence-electron chi connectivity index (χ1n) is 5.85. The van der Waals surface area contributed by atoms with Gasteiger partial charge in [0.05, 0.1) is 0 Å². The first-order valence-corrected chi connectivity index (χ1v) is 6.23. The minimum Gasteiger partial charge on any atom is -0.353 e. The van der Waals surface area contributed by atoms with Gasteiger partial charge in [-0.1, -0.05) is 11.6 Å². The maximum Gasteiger partial charge on any atom is 0.199 e. The Morgan fingerprint density at radius 2 is 1.94 bits per heavy atom. The average molecular weight is 263 g/mol. The van der Waals surface area contributed by atoms with E-state index in [4.69, 9.17) is 35.3 Å². The van der Waals surface area contributed by atoms with Crippen LogP contribution in [-0.4, -0.2) is 48.2 Å². The SMILES string of the molecule is CO[C@@H]1O[C@@]2(CC3OC32Cl)[C@@H]2OC(C)(C)OC12. The van der Waals surface area contributed by atoms with Gasteiger partial charge in [-0.15, -0.1) is 0 Å². The number of fused-ring (bicyclic) bond motifs is 4. The summed E-state index contributed by atoms with van der Waals surface area (Å²) < 4.78 is 28.5. The van der Waals surface area contributed by atoms with Crippen LogP contribution in [0.2, 0.25) is 0 Å². The molecular formula is C11H15ClO5. The molecule has 5 nitrogen and oxygen atoms in total. The molecule has 0 amide bonds. The van der Waals surface area contributed by atoms with Gasteiger partial charge in [0.1, 0.15) is 23.9 Å². The lowest BCUT2D eigenvalue weighted by molar-refractivity contribution is -0.263. The van der Waals surface area contributed by atoms with Crippen LogP contribution in [0.3, 0.4) is 0 Å². The van der Waals surface area contributed by atoms with Crippen LogP contribution in [0.25, 0.3) is 0 Å². The van der Waals surface area contributed by atoms with Crippen molar-refractivity contribution in [3.8, 4) is 0 Å². The van der Waals surface area contributed by atoms with Crippen molar-refractivity contribution in [2.24, 2.45) is 0 Å². The second-order valence-corrected chi connectivity index (χ2v) is 6.15. The van der Waals surface area contributed by atoms with Gasteiger partial charge in [-0.2, -0.15) is 0 Å². The van der Waals surface area contributed by atoms with Crippen molar-refractivity contribution in [3.05, 3.63) is 0 Å². The summed E-state index contributed by atoms with van der Waals surface area (Å²) in [6.07, 6.45) is -0.0680. The summed E-state index contributed by atoms with van der Waals surface area (Å²) in [5.74, 6) is -0.629. The fourth-order valence-electron chi connectivity index (χ4n) is 3.31. The molecule has 0 aromatic carbocycles. The number of rotatable bonds is 1. The maximum absolute atomic E-state index is 6.39. The summed E-state index contributed by atoms with van der Waals surface area (Å²) in [4.78, 5) is 0. The van der Waals surface area contributed by atoms with E-state index in [1.165, 1.54) is 0 Å². The fraction of sp³-hybridized carbons (Fsp3) is 1.00. The van der Waals surface area contributed by atoms with Crippen LogP contribution in [0.1, 0.15) is 20.3 Å². The number of hydrogen-bond acceptors (Lipinski definition) is 5. The van der Waals surface area contributed by atoms with Crippen LogP contribution in [0.15, 0.2) is 0 Å². The first-order chi connectivity index (χ1) is 7.92. The van der Waals surface area contributed by atoms with E-state index >= 15 is 0 Å². The van der Waals surface area contributed by atoms with E-state index in [1.807, 2.05) is 13.8 Å². The second kappa shape index (κ2) is 2.81. The topological polar surface area (TPSA) is 49.5 Å². The van der Waals surface area contributed by atoms with E-state index in [2.05, 4.69) is 0 Å². The van der Waals surface area contributed by atoms with Crippen LogP contribution < -0.4 is 0 Å². The van der Waals surface area contributed by atoms with E-state index in [1.54, 1.807) is 7.11 Å². The zero-order valence-corrected chi connectivity index (χ0v) is 10.7. The Kier molecular flexibility index (Phi) is 1.81. The predicted molar refractivity (Wildman–Crippen MR) is 56.5 cm³/mol. The molecule has 0 aromatic rings. The highest BCUT2D eigenvalue weighted by Crippen LogP contribution is 2.70. The summed E-state index contributed by atoms with van der Waals surface area (Å²) in [7, 11) is 1.60. The van der Waals surface area contributed by atoms with Gasteiger partial charge in [0.25, 0.3) is 0 Å². The summed E-state index contributed by atoms with van der Waals surface area (Å²) in [6.45, 7) is 3.77. The fourth-order valence-corrected chi connectivity index (χ4v) is 3.73. The van der Waals surface area contributed by atoms with E-state index in [-0.39, 0.29) is 18.3 Å². The molecule has 96 valence electrons. The van der Waals surface area contributed by atoms with Crippen molar-refractivity contribution in [2.75, 3.05) is 7.11 Å². The van der Waals surface area contributed by atoms with Crippen molar-refractivity contribution in [1.82, 2.24) is 0 Å². The largest absolute Gasteiger partial charge is 0.353 e. The van der Waals surface area contributed by atoms with Gasteiger partial charge < -0.3 is 23.7 Å². The monoisotopic (exact) mass is 262 g/mol. The van der Waals surface area contributed by atoms with E-state index in [9.17, 15) is 0 Å². The predicted octanol–water partition coefficient (Wildman–Crippen LogP) is 0.986. The average Bonchev–Trinajstić information content (AvgIpc) is 2.58. The van der Waals surface area contributed by atoms with E-state index in [0.717, 1.165) is 6.42 Å². The Hall–Kier alpha value is 0.0900. The standard InChI is InChI=1S/C11H15ClO5/c1-9(2)15-6-7(16-9)10(17-8(6)13-3)4-5-11(10,12)14-5/h5-8H,4H2,1-3H3/t5?,6?,7-,8-,10+,11?/m1/s1. The van der Waals surface area contributed by atoms with Crippen LogP contribution in [0.4, 0.5) is 0 Å². The van der Waals surface area contributed by atoms with E-state index < -0.39 is 22.7 Å². The summed E-state index contributed by atoms with van der Waals surface area (Å²) in [6, 6.07) is 0. The minimum atomic E-state index is -0.729.